The van der Waals surface area contributed by atoms with E-state index in [1.54, 1.807) is 0 Å². The number of carboxylic acids is 1. The van der Waals surface area contributed by atoms with Gasteiger partial charge in [0.1, 0.15) is 0 Å². The minimum Gasteiger partial charge on any atom is -0.481 e. The van der Waals surface area contributed by atoms with Crippen LogP contribution in [0.4, 0.5) is 0 Å². The van der Waals surface area contributed by atoms with Gasteiger partial charge >= 0.3 is 5.97 Å². The fourth-order valence-corrected chi connectivity index (χ4v) is 1.02. The van der Waals surface area contributed by atoms with Gasteiger partial charge < -0.3 is 10.0 Å². The number of hydrogen-bond acceptors (Lipinski definition) is 2. The van der Waals surface area contributed by atoms with Gasteiger partial charge in [0.25, 0.3) is 0 Å². The van der Waals surface area contributed by atoms with E-state index in [2.05, 4.69) is 16.7 Å². The maximum atomic E-state index is 10.3. The van der Waals surface area contributed by atoms with Crippen LogP contribution in [-0.4, -0.2) is 35.6 Å². The summed E-state index contributed by atoms with van der Waals surface area (Å²) in [5.74, 6) is 5.04. The van der Waals surface area contributed by atoms with Gasteiger partial charge in [0.2, 0.25) is 0 Å². The SMILES string of the molecule is CC#CCCN(CC)CCC(=O)O. The van der Waals surface area contributed by atoms with E-state index in [1.807, 2.05) is 13.8 Å². The molecule has 0 atom stereocenters. The molecule has 0 amide bonds. The molecule has 0 unspecified atom stereocenters. The Kier molecular flexibility index (Phi) is 7.04. The largest absolute Gasteiger partial charge is 0.481 e. The van der Waals surface area contributed by atoms with Gasteiger partial charge in [0.15, 0.2) is 0 Å². The molecule has 0 spiro atoms. The molecule has 0 radical (unpaired) electrons. The Hall–Kier alpha value is -1.01. The molecule has 0 heterocycles. The minimum atomic E-state index is -0.736. The maximum absolute atomic E-state index is 10.3. The standard InChI is InChI=1S/C10H17NO2/c1-3-5-6-8-11(4-2)9-7-10(12)13/h4,6-9H2,1-2H3,(H,12,13). The van der Waals surface area contributed by atoms with E-state index in [1.165, 1.54) is 0 Å². The molecule has 0 aliphatic heterocycles. The average molecular weight is 183 g/mol. The van der Waals surface area contributed by atoms with Gasteiger partial charge in [-0.05, 0) is 13.5 Å². The summed E-state index contributed by atoms with van der Waals surface area (Å²) in [5.41, 5.74) is 0. The summed E-state index contributed by atoms with van der Waals surface area (Å²) in [4.78, 5) is 12.4. The fourth-order valence-electron chi connectivity index (χ4n) is 1.02. The molecule has 3 heteroatoms. The van der Waals surface area contributed by atoms with E-state index >= 15 is 0 Å². The third-order valence-electron chi connectivity index (χ3n) is 1.82. The van der Waals surface area contributed by atoms with Crippen LogP contribution in [-0.2, 0) is 4.79 Å². The molecule has 0 aliphatic carbocycles. The number of aliphatic carboxylic acids is 1. The van der Waals surface area contributed by atoms with Crippen molar-refractivity contribution in [1.82, 2.24) is 4.90 Å². The zero-order valence-electron chi connectivity index (χ0n) is 8.34. The first-order valence-electron chi connectivity index (χ1n) is 4.54. The normalized spacial score (nSPS) is 9.46. The van der Waals surface area contributed by atoms with Gasteiger partial charge in [0, 0.05) is 19.5 Å². The Morgan fingerprint density at radius 3 is 2.62 bits per heavy atom. The van der Waals surface area contributed by atoms with Crippen molar-refractivity contribution < 1.29 is 9.90 Å². The molecule has 0 rings (SSSR count). The summed E-state index contributed by atoms with van der Waals surface area (Å²) in [6.45, 7) is 6.22. The van der Waals surface area contributed by atoms with Gasteiger partial charge in [-0.15, -0.1) is 11.8 Å². The lowest BCUT2D eigenvalue weighted by Gasteiger charge is -2.17. The van der Waals surface area contributed by atoms with Gasteiger partial charge in [-0.3, -0.25) is 4.79 Å². The zero-order valence-corrected chi connectivity index (χ0v) is 8.34. The molecule has 13 heavy (non-hydrogen) atoms. The number of rotatable bonds is 6. The summed E-state index contributed by atoms with van der Waals surface area (Å²) in [6.07, 6.45) is 1.04. The van der Waals surface area contributed by atoms with Gasteiger partial charge in [-0.1, -0.05) is 6.92 Å². The highest BCUT2D eigenvalue weighted by atomic mass is 16.4. The van der Waals surface area contributed by atoms with E-state index < -0.39 is 5.97 Å². The van der Waals surface area contributed by atoms with Crippen molar-refractivity contribution in [3.63, 3.8) is 0 Å². The lowest BCUT2D eigenvalue weighted by atomic mass is 10.3. The smallest absolute Gasteiger partial charge is 0.304 e. The molecule has 1 N–H and O–H groups in total. The highest BCUT2D eigenvalue weighted by Gasteiger charge is 2.03. The highest BCUT2D eigenvalue weighted by molar-refractivity contribution is 5.66. The molecule has 0 aliphatic rings. The molecule has 0 fully saturated rings. The predicted molar refractivity (Wildman–Crippen MR) is 52.4 cm³/mol. The quantitative estimate of drug-likeness (QED) is 0.629. The van der Waals surface area contributed by atoms with Gasteiger partial charge in [-0.2, -0.15) is 0 Å². The van der Waals surface area contributed by atoms with Crippen molar-refractivity contribution in [2.45, 2.75) is 26.7 Å². The second-order valence-corrected chi connectivity index (χ2v) is 2.75. The van der Waals surface area contributed by atoms with Crippen LogP contribution in [0, 0.1) is 11.8 Å². The number of hydrogen-bond donors (Lipinski definition) is 1. The van der Waals surface area contributed by atoms with Crippen LogP contribution in [0.15, 0.2) is 0 Å². The molecule has 0 saturated heterocycles. The molecule has 0 aromatic heterocycles. The van der Waals surface area contributed by atoms with Crippen molar-refractivity contribution >= 4 is 5.97 Å². The van der Waals surface area contributed by atoms with Crippen molar-refractivity contribution in [3.8, 4) is 11.8 Å². The Balaban J connectivity index is 3.60. The Morgan fingerprint density at radius 1 is 1.46 bits per heavy atom. The number of carboxylic acid groups (broad SMARTS) is 1. The molecular formula is C10H17NO2. The number of nitrogens with zero attached hydrogens (tertiary/aromatic N) is 1. The Labute approximate surface area is 79.7 Å². The third-order valence-corrected chi connectivity index (χ3v) is 1.82. The first-order valence-corrected chi connectivity index (χ1v) is 4.54. The molecule has 74 valence electrons. The van der Waals surface area contributed by atoms with Crippen LogP contribution >= 0.6 is 0 Å². The summed E-state index contributed by atoms with van der Waals surface area (Å²) in [6, 6.07) is 0. The van der Waals surface area contributed by atoms with Crippen LogP contribution in [0.25, 0.3) is 0 Å². The van der Waals surface area contributed by atoms with E-state index in [-0.39, 0.29) is 6.42 Å². The van der Waals surface area contributed by atoms with Gasteiger partial charge in [-0.25, -0.2) is 0 Å². The van der Waals surface area contributed by atoms with Crippen LogP contribution in [0.3, 0.4) is 0 Å². The molecule has 0 aromatic carbocycles. The number of carbonyl (C=O) groups is 1. The van der Waals surface area contributed by atoms with Crippen molar-refractivity contribution in [1.29, 1.82) is 0 Å². The van der Waals surface area contributed by atoms with Gasteiger partial charge in [0.05, 0.1) is 6.42 Å². The zero-order chi connectivity index (χ0) is 10.1. The summed E-state index contributed by atoms with van der Waals surface area (Å²) >= 11 is 0. The monoisotopic (exact) mass is 183 g/mol. The lowest BCUT2D eigenvalue weighted by Crippen LogP contribution is -2.27. The highest BCUT2D eigenvalue weighted by Crippen LogP contribution is 1.93. The topological polar surface area (TPSA) is 40.5 Å². The molecule has 0 bridgehead atoms. The fraction of sp³-hybridized carbons (Fsp3) is 0.700. The summed E-state index contributed by atoms with van der Waals surface area (Å²) < 4.78 is 0. The van der Waals surface area contributed by atoms with Crippen molar-refractivity contribution in [2.24, 2.45) is 0 Å². The summed E-state index contributed by atoms with van der Waals surface area (Å²) in [5, 5.41) is 8.47. The Bertz CT molecular complexity index is 203. The Morgan fingerprint density at radius 2 is 2.15 bits per heavy atom. The van der Waals surface area contributed by atoms with Crippen LogP contribution in [0.1, 0.15) is 26.7 Å². The first-order chi connectivity index (χ1) is 6.20. The molecule has 0 saturated carbocycles. The predicted octanol–water partition coefficient (Wildman–Crippen LogP) is 1.20. The average Bonchev–Trinajstić information content (AvgIpc) is 2.10. The molecule has 0 aromatic rings. The summed E-state index contributed by atoms with van der Waals surface area (Å²) in [7, 11) is 0. The third kappa shape index (κ3) is 7.35. The second-order valence-electron chi connectivity index (χ2n) is 2.75. The lowest BCUT2D eigenvalue weighted by molar-refractivity contribution is -0.137. The van der Waals surface area contributed by atoms with Crippen molar-refractivity contribution in [3.05, 3.63) is 0 Å². The van der Waals surface area contributed by atoms with E-state index in [4.69, 9.17) is 5.11 Å². The van der Waals surface area contributed by atoms with E-state index in [0.717, 1.165) is 19.5 Å². The first kappa shape index (κ1) is 12.0. The molecular weight excluding hydrogens is 166 g/mol. The molecule has 3 nitrogen and oxygen atoms in total. The second kappa shape index (κ2) is 7.63. The minimum absolute atomic E-state index is 0.216. The van der Waals surface area contributed by atoms with Crippen LogP contribution in [0.2, 0.25) is 0 Å². The van der Waals surface area contributed by atoms with Crippen molar-refractivity contribution in [2.75, 3.05) is 19.6 Å². The van der Waals surface area contributed by atoms with E-state index in [0.29, 0.717) is 6.54 Å². The maximum Gasteiger partial charge on any atom is 0.304 e. The van der Waals surface area contributed by atoms with E-state index in [9.17, 15) is 4.79 Å². The van der Waals surface area contributed by atoms with Crippen LogP contribution < -0.4 is 0 Å². The van der Waals surface area contributed by atoms with Crippen LogP contribution in [0.5, 0.6) is 0 Å².